The van der Waals surface area contributed by atoms with Gasteiger partial charge in [0.05, 0.1) is 30.0 Å². The minimum Gasteiger partial charge on any atom is -0.508 e. The lowest BCUT2D eigenvalue weighted by molar-refractivity contribution is -0.155. The number of pyridine rings is 1. The lowest BCUT2D eigenvalue weighted by Gasteiger charge is -2.37. The Kier molecular flexibility index (Phi) is 14.3. The lowest BCUT2D eigenvalue weighted by Crippen LogP contribution is -2.62. The van der Waals surface area contributed by atoms with Crippen molar-refractivity contribution in [3.05, 3.63) is 71.5 Å². The van der Waals surface area contributed by atoms with Gasteiger partial charge in [-0.1, -0.05) is 46.8 Å². The predicted octanol–water partition coefficient (Wildman–Crippen LogP) is 6.05. The van der Waals surface area contributed by atoms with Crippen LogP contribution in [0.5, 0.6) is 5.75 Å². The van der Waals surface area contributed by atoms with Crippen molar-refractivity contribution in [2.45, 2.75) is 112 Å². The molecule has 6 bridgehead atoms. The third-order valence-corrected chi connectivity index (χ3v) is 13.7. The van der Waals surface area contributed by atoms with Crippen LogP contribution in [-0.2, 0) is 52.8 Å². The van der Waals surface area contributed by atoms with Crippen molar-refractivity contribution in [3.63, 3.8) is 0 Å². The van der Waals surface area contributed by atoms with Gasteiger partial charge < -0.3 is 34.3 Å². The summed E-state index contributed by atoms with van der Waals surface area (Å²) < 4.78 is 14.2. The maximum atomic E-state index is 14.7. The number of likely N-dealkylation sites (tertiary alicyclic amines) is 1. The van der Waals surface area contributed by atoms with E-state index in [1.807, 2.05) is 45.9 Å². The molecule has 6 atom stereocenters. The predicted molar refractivity (Wildman–Crippen MR) is 252 cm³/mol. The van der Waals surface area contributed by atoms with Crippen LogP contribution >= 0.6 is 0 Å². The number of aryl methyl sites for hydroxylation is 1. The maximum absolute atomic E-state index is 14.7. The van der Waals surface area contributed by atoms with Gasteiger partial charge in [-0.2, -0.15) is 0 Å². The van der Waals surface area contributed by atoms with Gasteiger partial charge in [0.25, 0.3) is 5.91 Å². The molecule has 0 saturated carbocycles. The second-order valence-corrected chi connectivity index (χ2v) is 19.7. The van der Waals surface area contributed by atoms with Gasteiger partial charge in [0.2, 0.25) is 17.7 Å². The molecule has 2 fully saturated rings. The monoisotopic (exact) mass is 906 g/mol. The molecule has 0 aliphatic carbocycles. The highest BCUT2D eigenvalue weighted by Crippen LogP contribution is 2.42. The van der Waals surface area contributed by atoms with Crippen molar-refractivity contribution < 1.29 is 38.6 Å². The van der Waals surface area contributed by atoms with Crippen molar-refractivity contribution in [1.29, 1.82) is 0 Å². The van der Waals surface area contributed by atoms with Crippen LogP contribution in [0.25, 0.3) is 33.3 Å². The molecule has 2 aromatic heterocycles. The number of rotatable bonds is 9. The fraction of sp³-hybridized carbons (Fsp3) is 0.529. The number of nitrogens with zero attached hydrogens (tertiary/aromatic N) is 5. The van der Waals surface area contributed by atoms with Crippen molar-refractivity contribution in [2.24, 2.45) is 23.2 Å². The molecule has 3 aliphatic heterocycles. The molecule has 2 aromatic carbocycles. The number of aromatic nitrogens is 2. The standard InChI is InChI=1S/C51H67N7O8/c1-11-57-43-17-16-34-24-38(43)39(46(57)37-14-12-18-52-44(37)31(5)65-10)25-51(7,8)28-66-50(64)41-15-13-19-58(54-41)49(63)42(22-33-20-35(34)23-36(60)21-33)53-47(61)45(29(2)3)55(9)48(62)40-27-56(32(6)59)26-30(40)4/h12,14,16-18,20-21,23-24,29-31,40-42,45,54,60H,11,13,15,19,22,25-28H2,1-10H3,(H,53,61)/t30-,31-,40+,41-,42-,45?/m0/s1. The SMILES string of the molecule is CCn1c(-c2cccnc2[C@H](C)OC)c2c3cc(ccc31)-c1cc(O)cc(c1)C[C@H](NC(=O)C(C(C)C)N(C)C(=O)[C@@H]1CN(C(C)=O)C[C@@H]1C)C(=O)N1CCC[C@H](N1)C(=O)OCC(C)(C)C2. The normalized spacial score (nSPS) is 22.2. The molecule has 4 aromatic rings. The number of ether oxygens (including phenoxy) is 2. The van der Waals surface area contributed by atoms with Gasteiger partial charge in [-0.05, 0) is 104 Å². The fourth-order valence-electron chi connectivity index (χ4n) is 10.2. The molecule has 0 radical (unpaired) electrons. The number of phenolic OH excluding ortho intramolecular Hbond substituents is 1. The number of likely N-dealkylation sites (N-methyl/N-ethyl adjacent to an activating group) is 1. The van der Waals surface area contributed by atoms with Gasteiger partial charge in [0.1, 0.15) is 23.9 Å². The largest absolute Gasteiger partial charge is 0.508 e. The highest BCUT2D eigenvalue weighted by molar-refractivity contribution is 5.96. The molecule has 354 valence electrons. The highest BCUT2D eigenvalue weighted by Gasteiger charge is 2.42. The molecule has 2 saturated heterocycles. The molecule has 66 heavy (non-hydrogen) atoms. The number of methoxy groups -OCH3 is 1. The van der Waals surface area contributed by atoms with Crippen molar-refractivity contribution >= 4 is 40.5 Å². The zero-order valence-corrected chi connectivity index (χ0v) is 40.1. The number of fused-ring (bicyclic) bond motifs is 6. The molecule has 3 N–H and O–H groups in total. The molecule has 0 spiro atoms. The number of carbonyl (C=O) groups is 5. The summed E-state index contributed by atoms with van der Waals surface area (Å²) in [7, 11) is 3.27. The van der Waals surface area contributed by atoms with Gasteiger partial charge in [-0.25, -0.2) is 5.43 Å². The van der Waals surface area contributed by atoms with Gasteiger partial charge in [-0.15, -0.1) is 0 Å². The van der Waals surface area contributed by atoms with Crippen LogP contribution in [0.2, 0.25) is 0 Å². The third kappa shape index (κ3) is 9.83. The van der Waals surface area contributed by atoms with Crippen LogP contribution in [0.3, 0.4) is 0 Å². The zero-order chi connectivity index (χ0) is 47.8. The Bertz CT molecular complexity index is 2500. The molecular formula is C51H67N7O8. The maximum Gasteiger partial charge on any atom is 0.324 e. The number of hydrogen-bond donors (Lipinski definition) is 3. The number of amides is 4. The number of benzene rings is 2. The van der Waals surface area contributed by atoms with E-state index in [4.69, 9.17) is 14.5 Å². The molecule has 3 aliphatic rings. The minimum atomic E-state index is -1.16. The van der Waals surface area contributed by atoms with Crippen LogP contribution in [0.1, 0.15) is 91.2 Å². The second-order valence-electron chi connectivity index (χ2n) is 19.7. The van der Waals surface area contributed by atoms with Crippen LogP contribution in [-0.4, -0.2) is 118 Å². The molecule has 15 nitrogen and oxygen atoms in total. The van der Waals surface area contributed by atoms with Crippen LogP contribution < -0.4 is 10.7 Å². The molecule has 1 unspecified atom stereocenters. The Morgan fingerprint density at radius 3 is 2.52 bits per heavy atom. The average Bonchev–Trinajstić information content (AvgIpc) is 3.83. The Morgan fingerprint density at radius 2 is 1.83 bits per heavy atom. The molecule has 4 amide bonds. The van der Waals surface area contributed by atoms with E-state index in [1.165, 1.54) is 16.8 Å². The van der Waals surface area contributed by atoms with Crippen molar-refractivity contribution in [1.82, 2.24) is 35.1 Å². The van der Waals surface area contributed by atoms with E-state index in [0.29, 0.717) is 37.9 Å². The average molecular weight is 906 g/mol. The number of nitrogens with one attached hydrogen (secondary N) is 2. The zero-order valence-electron chi connectivity index (χ0n) is 40.1. The second kappa shape index (κ2) is 19.6. The topological polar surface area (TPSA) is 176 Å². The molecule has 5 heterocycles. The first-order valence-electron chi connectivity index (χ1n) is 23.4. The Morgan fingerprint density at radius 1 is 1.08 bits per heavy atom. The van der Waals surface area contributed by atoms with E-state index in [-0.39, 0.29) is 61.6 Å². The summed E-state index contributed by atoms with van der Waals surface area (Å²) in [6.07, 6.45) is 2.98. The number of esters is 1. The first-order chi connectivity index (χ1) is 31.3. The molecular weight excluding hydrogens is 839 g/mol. The summed E-state index contributed by atoms with van der Waals surface area (Å²) in [5, 5.41) is 16.7. The minimum absolute atomic E-state index is 0.00547. The summed E-state index contributed by atoms with van der Waals surface area (Å²) in [4.78, 5) is 77.4. The summed E-state index contributed by atoms with van der Waals surface area (Å²) in [5.74, 6) is -2.75. The van der Waals surface area contributed by atoms with Crippen LogP contribution in [0.4, 0.5) is 0 Å². The number of aromatic hydroxyl groups is 1. The first-order valence-corrected chi connectivity index (χ1v) is 23.4. The first kappa shape index (κ1) is 48.1. The Balaban J connectivity index is 1.32. The summed E-state index contributed by atoms with van der Waals surface area (Å²) in [6, 6.07) is 12.6. The molecule has 15 heteroatoms. The van der Waals surface area contributed by atoms with E-state index in [2.05, 4.69) is 54.3 Å². The number of carbonyl (C=O) groups excluding carboxylic acids is 5. The Hall–Kier alpha value is -5.80. The third-order valence-electron chi connectivity index (χ3n) is 13.7. The van der Waals surface area contributed by atoms with E-state index < -0.39 is 47.2 Å². The van der Waals surface area contributed by atoms with Crippen molar-refractivity contribution in [2.75, 3.05) is 40.4 Å². The summed E-state index contributed by atoms with van der Waals surface area (Å²) >= 11 is 0. The summed E-state index contributed by atoms with van der Waals surface area (Å²) in [6.45, 7) is 17.1. The van der Waals surface area contributed by atoms with E-state index in [1.54, 1.807) is 37.4 Å². The quantitative estimate of drug-likeness (QED) is 0.168. The van der Waals surface area contributed by atoms with Gasteiger partial charge >= 0.3 is 5.97 Å². The molecule has 7 rings (SSSR count). The number of phenols is 1. The summed E-state index contributed by atoms with van der Waals surface area (Å²) in [5.41, 5.74) is 9.56. The smallest absolute Gasteiger partial charge is 0.324 e. The van der Waals surface area contributed by atoms with Gasteiger partial charge in [0.15, 0.2) is 0 Å². The van der Waals surface area contributed by atoms with Crippen molar-refractivity contribution in [3.8, 4) is 28.1 Å². The lowest BCUT2D eigenvalue weighted by atomic mass is 9.84. The number of cyclic esters (lactones) is 1. The Labute approximate surface area is 388 Å². The van der Waals surface area contributed by atoms with Gasteiger partial charge in [-0.3, -0.25) is 34.0 Å². The number of hydrogen-bond acceptors (Lipinski definition) is 10. The fourth-order valence-corrected chi connectivity index (χ4v) is 10.2. The van der Waals surface area contributed by atoms with E-state index >= 15 is 0 Å². The van der Waals surface area contributed by atoms with E-state index in [9.17, 15) is 29.1 Å². The highest BCUT2D eigenvalue weighted by atomic mass is 16.5. The van der Waals surface area contributed by atoms with Crippen LogP contribution in [0, 0.1) is 23.2 Å². The van der Waals surface area contributed by atoms with E-state index in [0.717, 1.165) is 44.5 Å². The van der Waals surface area contributed by atoms with Gasteiger partial charge in [0, 0.05) is 81.8 Å². The number of hydrazine groups is 1. The van der Waals surface area contributed by atoms with Crippen LogP contribution in [0.15, 0.2) is 54.7 Å².